The van der Waals surface area contributed by atoms with Crippen molar-refractivity contribution >= 4 is 0 Å². The molecule has 62 valence electrons. The minimum absolute atomic E-state index is 1.05. The molecule has 1 rings (SSSR count). The van der Waals surface area contributed by atoms with E-state index in [0.29, 0.717) is 0 Å². The average Bonchev–Trinajstić information content (AvgIpc) is 2.15. The van der Waals surface area contributed by atoms with Gasteiger partial charge in [0, 0.05) is 0 Å². The predicted molar refractivity (Wildman–Crippen MR) is 54.9 cm³/mol. The fourth-order valence-corrected chi connectivity index (χ4v) is 1.13. The van der Waals surface area contributed by atoms with Crippen molar-refractivity contribution in [1.29, 1.82) is 0 Å². The van der Waals surface area contributed by atoms with E-state index in [2.05, 4.69) is 43.9 Å². The van der Waals surface area contributed by atoms with E-state index in [0.717, 1.165) is 6.42 Å². The third kappa shape index (κ3) is 2.39. The third-order valence-electron chi connectivity index (χ3n) is 1.87. The zero-order chi connectivity index (χ0) is 8.81. The Bertz CT molecular complexity index is 272. The Morgan fingerprint density at radius 1 is 1.50 bits per heavy atom. The number of hydrogen-bond acceptors (Lipinski definition) is 0. The summed E-state index contributed by atoms with van der Waals surface area (Å²) in [5, 5.41) is 0. The van der Waals surface area contributed by atoms with Crippen LogP contribution in [0.1, 0.15) is 13.3 Å². The van der Waals surface area contributed by atoms with Crippen molar-refractivity contribution < 1.29 is 0 Å². The molecule has 0 heteroatoms. The molecular formula is C12H14. The molecule has 0 bridgehead atoms. The van der Waals surface area contributed by atoms with E-state index < -0.39 is 0 Å². The summed E-state index contributed by atoms with van der Waals surface area (Å²) in [7, 11) is 0. The smallest absolute Gasteiger partial charge is 0.00917 e. The molecule has 0 amide bonds. The molecule has 0 nitrogen and oxygen atoms in total. The van der Waals surface area contributed by atoms with Gasteiger partial charge in [-0.3, -0.25) is 0 Å². The summed E-state index contributed by atoms with van der Waals surface area (Å²) in [5.74, 6) is 0. The van der Waals surface area contributed by atoms with Crippen LogP contribution in [-0.2, 0) is 0 Å². The maximum Gasteiger partial charge on any atom is -0.00917 e. The second kappa shape index (κ2) is 4.55. The summed E-state index contributed by atoms with van der Waals surface area (Å²) in [6.07, 6.45) is 15.4. The molecule has 0 aliphatic heterocycles. The summed E-state index contributed by atoms with van der Waals surface area (Å²) in [5.41, 5.74) is 2.70. The lowest BCUT2D eigenvalue weighted by Gasteiger charge is -2.04. The van der Waals surface area contributed by atoms with Crippen molar-refractivity contribution in [3.63, 3.8) is 0 Å². The highest BCUT2D eigenvalue weighted by atomic mass is 14.0. The summed E-state index contributed by atoms with van der Waals surface area (Å²) < 4.78 is 0. The monoisotopic (exact) mass is 158 g/mol. The first kappa shape index (κ1) is 8.79. The van der Waals surface area contributed by atoms with Crippen molar-refractivity contribution in [2.45, 2.75) is 13.3 Å². The van der Waals surface area contributed by atoms with Gasteiger partial charge in [-0.25, -0.2) is 0 Å². The zero-order valence-corrected chi connectivity index (χ0v) is 7.46. The lowest BCUT2D eigenvalue weighted by Crippen LogP contribution is -1.84. The van der Waals surface area contributed by atoms with Gasteiger partial charge >= 0.3 is 0 Å². The lowest BCUT2D eigenvalue weighted by atomic mass is 10.0. The van der Waals surface area contributed by atoms with Crippen molar-refractivity contribution in [1.82, 2.24) is 0 Å². The fraction of sp³-hybridized carbons (Fsp3) is 0.167. The van der Waals surface area contributed by atoms with Crippen LogP contribution in [-0.4, -0.2) is 0 Å². The highest BCUT2D eigenvalue weighted by Gasteiger charge is 1.95. The van der Waals surface area contributed by atoms with E-state index in [9.17, 15) is 0 Å². The van der Waals surface area contributed by atoms with Gasteiger partial charge in [0.25, 0.3) is 0 Å². The molecule has 0 saturated carbocycles. The summed E-state index contributed by atoms with van der Waals surface area (Å²) in [6.45, 7) is 5.76. The van der Waals surface area contributed by atoms with Gasteiger partial charge in [0.05, 0.1) is 0 Å². The quantitative estimate of drug-likeness (QED) is 0.539. The Labute approximate surface area is 74.3 Å². The molecule has 0 atom stereocenters. The summed E-state index contributed by atoms with van der Waals surface area (Å²) in [6, 6.07) is 0. The topological polar surface area (TPSA) is 0 Å². The van der Waals surface area contributed by atoms with Gasteiger partial charge in [-0.05, 0) is 24.5 Å². The largest absolute Gasteiger partial charge is 0.0991 e. The zero-order valence-electron chi connectivity index (χ0n) is 7.46. The minimum atomic E-state index is 1.05. The Morgan fingerprint density at radius 3 is 2.92 bits per heavy atom. The molecule has 0 fully saturated rings. The van der Waals surface area contributed by atoms with Gasteiger partial charge in [0.15, 0.2) is 0 Å². The van der Waals surface area contributed by atoms with E-state index in [4.69, 9.17) is 0 Å². The molecule has 0 aromatic heterocycles. The van der Waals surface area contributed by atoms with E-state index in [-0.39, 0.29) is 0 Å². The van der Waals surface area contributed by atoms with E-state index >= 15 is 0 Å². The normalized spacial score (nSPS) is 20.1. The first-order valence-electron chi connectivity index (χ1n) is 4.16. The second-order valence-corrected chi connectivity index (χ2v) is 2.79. The van der Waals surface area contributed by atoms with Crippen molar-refractivity contribution in [2.75, 3.05) is 0 Å². The lowest BCUT2D eigenvalue weighted by molar-refractivity contribution is 1.21. The van der Waals surface area contributed by atoms with E-state index in [1.807, 2.05) is 6.08 Å². The molecule has 0 spiro atoms. The SMILES string of the molecule is C=C/C=C\C(C)=C1\C=CC=CC1. The highest BCUT2D eigenvalue weighted by molar-refractivity contribution is 5.38. The number of rotatable bonds is 2. The standard InChI is InChI=1S/C12H14/c1-3-4-8-11(2)12-9-6-5-7-10-12/h3-9H,1,10H2,2H3/b8-4-,12-11-. The van der Waals surface area contributed by atoms with Crippen LogP contribution in [0.2, 0.25) is 0 Å². The Hall–Kier alpha value is -1.30. The molecular weight excluding hydrogens is 144 g/mol. The maximum atomic E-state index is 3.64. The van der Waals surface area contributed by atoms with Crippen LogP contribution < -0.4 is 0 Å². The molecule has 0 unspecified atom stereocenters. The van der Waals surface area contributed by atoms with Crippen LogP contribution in [0.4, 0.5) is 0 Å². The van der Waals surface area contributed by atoms with Crippen LogP contribution in [0.5, 0.6) is 0 Å². The molecule has 1 aliphatic carbocycles. The number of hydrogen-bond donors (Lipinski definition) is 0. The first-order valence-corrected chi connectivity index (χ1v) is 4.16. The highest BCUT2D eigenvalue weighted by Crippen LogP contribution is 2.15. The average molecular weight is 158 g/mol. The Balaban J connectivity index is 2.76. The molecule has 0 N–H and O–H groups in total. The molecule has 0 aromatic rings. The molecule has 0 aromatic carbocycles. The maximum absolute atomic E-state index is 3.64. The van der Waals surface area contributed by atoms with Gasteiger partial charge in [-0.1, -0.05) is 49.1 Å². The van der Waals surface area contributed by atoms with Crippen LogP contribution in [0.3, 0.4) is 0 Å². The molecule has 0 heterocycles. The van der Waals surface area contributed by atoms with E-state index in [1.165, 1.54) is 11.1 Å². The van der Waals surface area contributed by atoms with E-state index in [1.54, 1.807) is 6.08 Å². The minimum Gasteiger partial charge on any atom is -0.0991 e. The van der Waals surface area contributed by atoms with Gasteiger partial charge in [-0.2, -0.15) is 0 Å². The van der Waals surface area contributed by atoms with Crippen LogP contribution in [0, 0.1) is 0 Å². The molecule has 1 aliphatic rings. The molecule has 0 saturated heterocycles. The Kier molecular flexibility index (Phi) is 3.34. The first-order chi connectivity index (χ1) is 5.84. The van der Waals surface area contributed by atoms with Crippen molar-refractivity contribution in [3.8, 4) is 0 Å². The summed E-state index contributed by atoms with van der Waals surface area (Å²) >= 11 is 0. The summed E-state index contributed by atoms with van der Waals surface area (Å²) in [4.78, 5) is 0. The van der Waals surface area contributed by atoms with Gasteiger partial charge in [0.2, 0.25) is 0 Å². The molecule has 0 radical (unpaired) electrons. The third-order valence-corrected chi connectivity index (χ3v) is 1.87. The van der Waals surface area contributed by atoms with Crippen LogP contribution in [0.15, 0.2) is 60.3 Å². The van der Waals surface area contributed by atoms with Crippen LogP contribution >= 0.6 is 0 Å². The van der Waals surface area contributed by atoms with Gasteiger partial charge in [-0.15, -0.1) is 0 Å². The van der Waals surface area contributed by atoms with Gasteiger partial charge < -0.3 is 0 Å². The Morgan fingerprint density at radius 2 is 2.33 bits per heavy atom. The van der Waals surface area contributed by atoms with Crippen molar-refractivity contribution in [2.24, 2.45) is 0 Å². The predicted octanol–water partition coefficient (Wildman–Crippen LogP) is 3.56. The van der Waals surface area contributed by atoms with Gasteiger partial charge in [0.1, 0.15) is 0 Å². The number of allylic oxidation sites excluding steroid dienone is 9. The van der Waals surface area contributed by atoms with Crippen molar-refractivity contribution in [3.05, 3.63) is 60.3 Å². The van der Waals surface area contributed by atoms with Crippen LogP contribution in [0.25, 0.3) is 0 Å². The fourth-order valence-electron chi connectivity index (χ4n) is 1.13. The second-order valence-electron chi connectivity index (χ2n) is 2.79. The molecule has 12 heavy (non-hydrogen) atoms.